The van der Waals surface area contributed by atoms with Crippen molar-refractivity contribution in [3.63, 3.8) is 0 Å². The standard InChI is InChI=1S/C20H21ClF2N4O4S/c21-12-1-2-16(25-9-12)32(30,31)13-7-14(17(28)26-19(10-24)3-4-19)15(8-13)18(29)27-6-5-20(22,23)11-27/h1-2,9,13-15H,3-8,11H2,(H,26,28)/t13-,14-,15-/m1/s1. The molecule has 0 aromatic carbocycles. The van der Waals surface area contributed by atoms with Gasteiger partial charge in [0, 0.05) is 19.2 Å². The highest BCUT2D eigenvalue weighted by atomic mass is 35.5. The summed E-state index contributed by atoms with van der Waals surface area (Å²) in [4.78, 5) is 30.9. The van der Waals surface area contributed by atoms with E-state index in [1.54, 1.807) is 0 Å². The number of nitrogens with zero attached hydrogens (tertiary/aromatic N) is 3. The number of carbonyl (C=O) groups excluding carboxylic acids is 2. The molecule has 2 amide bonds. The van der Waals surface area contributed by atoms with E-state index in [0.717, 1.165) is 4.90 Å². The molecule has 2 aliphatic carbocycles. The molecule has 172 valence electrons. The number of alkyl halides is 2. The molecule has 12 heteroatoms. The van der Waals surface area contributed by atoms with Crippen molar-refractivity contribution in [2.45, 2.75) is 53.8 Å². The number of likely N-dealkylation sites (tertiary alicyclic amines) is 1. The molecule has 0 spiro atoms. The van der Waals surface area contributed by atoms with Crippen LogP contribution in [0, 0.1) is 23.2 Å². The number of nitrogens with one attached hydrogen (secondary N) is 1. The number of nitriles is 1. The normalized spacial score (nSPS) is 28.2. The van der Waals surface area contributed by atoms with E-state index >= 15 is 0 Å². The van der Waals surface area contributed by atoms with Crippen molar-refractivity contribution in [3.05, 3.63) is 23.4 Å². The number of rotatable bonds is 5. The first-order valence-corrected chi connectivity index (χ1v) is 12.1. The summed E-state index contributed by atoms with van der Waals surface area (Å²) in [6.07, 6.45) is 1.29. The molecule has 2 saturated carbocycles. The number of hydrogen-bond acceptors (Lipinski definition) is 6. The molecular weight excluding hydrogens is 466 g/mol. The molecule has 3 atom stereocenters. The van der Waals surface area contributed by atoms with Crippen molar-refractivity contribution in [2.24, 2.45) is 11.8 Å². The van der Waals surface area contributed by atoms with Gasteiger partial charge in [0.1, 0.15) is 5.54 Å². The van der Waals surface area contributed by atoms with Crippen LogP contribution in [-0.2, 0) is 19.4 Å². The maximum Gasteiger partial charge on any atom is 0.267 e. The van der Waals surface area contributed by atoms with Crippen LogP contribution in [0.4, 0.5) is 8.78 Å². The summed E-state index contributed by atoms with van der Waals surface area (Å²) < 4.78 is 53.6. The fourth-order valence-corrected chi connectivity index (χ4v) is 6.22. The summed E-state index contributed by atoms with van der Waals surface area (Å²) >= 11 is 5.78. The van der Waals surface area contributed by atoms with E-state index < -0.39 is 63.2 Å². The predicted molar refractivity (Wildman–Crippen MR) is 108 cm³/mol. The third kappa shape index (κ3) is 4.30. The van der Waals surface area contributed by atoms with Gasteiger partial charge in [0.15, 0.2) is 14.9 Å². The van der Waals surface area contributed by atoms with Crippen LogP contribution in [0.1, 0.15) is 32.1 Å². The average Bonchev–Trinajstić information content (AvgIpc) is 3.19. The van der Waals surface area contributed by atoms with Gasteiger partial charge in [-0.15, -0.1) is 0 Å². The molecule has 1 aliphatic heterocycles. The predicted octanol–water partition coefficient (Wildman–Crippen LogP) is 1.94. The Morgan fingerprint density at radius 3 is 2.44 bits per heavy atom. The summed E-state index contributed by atoms with van der Waals surface area (Å²) in [7, 11) is -4.00. The van der Waals surface area contributed by atoms with Crippen LogP contribution in [-0.4, -0.2) is 59.9 Å². The summed E-state index contributed by atoms with van der Waals surface area (Å²) in [6.45, 7) is -0.913. The largest absolute Gasteiger partial charge is 0.338 e. The molecule has 1 aromatic rings. The van der Waals surface area contributed by atoms with Gasteiger partial charge in [0.05, 0.1) is 34.7 Å². The second-order valence-electron chi connectivity index (χ2n) is 8.71. The fraction of sp³-hybridized carbons (Fsp3) is 0.600. The lowest BCUT2D eigenvalue weighted by molar-refractivity contribution is -0.141. The zero-order chi connectivity index (χ0) is 23.3. The molecule has 32 heavy (non-hydrogen) atoms. The van der Waals surface area contributed by atoms with E-state index in [-0.39, 0.29) is 29.4 Å². The van der Waals surface area contributed by atoms with Gasteiger partial charge in [0.25, 0.3) is 5.92 Å². The maximum atomic E-state index is 13.7. The Morgan fingerprint density at radius 2 is 1.91 bits per heavy atom. The maximum absolute atomic E-state index is 13.7. The minimum atomic E-state index is -4.00. The van der Waals surface area contributed by atoms with E-state index in [1.807, 2.05) is 6.07 Å². The van der Waals surface area contributed by atoms with Gasteiger partial charge in [0.2, 0.25) is 11.8 Å². The molecule has 0 bridgehead atoms. The lowest BCUT2D eigenvalue weighted by atomic mass is 9.93. The summed E-state index contributed by atoms with van der Waals surface area (Å²) in [5, 5.41) is 10.8. The summed E-state index contributed by atoms with van der Waals surface area (Å²) in [5.41, 5.74) is -1.000. The highest BCUT2D eigenvalue weighted by Crippen LogP contribution is 2.42. The zero-order valence-corrected chi connectivity index (χ0v) is 18.5. The first-order chi connectivity index (χ1) is 15.0. The van der Waals surface area contributed by atoms with Gasteiger partial charge in [-0.2, -0.15) is 5.26 Å². The fourth-order valence-electron chi connectivity index (χ4n) is 4.39. The van der Waals surface area contributed by atoms with Crippen LogP contribution in [0.25, 0.3) is 0 Å². The monoisotopic (exact) mass is 486 g/mol. The van der Waals surface area contributed by atoms with Gasteiger partial charge in [-0.25, -0.2) is 22.2 Å². The molecule has 4 rings (SSSR count). The van der Waals surface area contributed by atoms with Crippen LogP contribution in [0.2, 0.25) is 5.02 Å². The summed E-state index contributed by atoms with van der Waals surface area (Å²) in [6, 6.07) is 4.64. The molecule has 0 radical (unpaired) electrons. The Morgan fingerprint density at radius 1 is 1.22 bits per heavy atom. The van der Waals surface area contributed by atoms with Gasteiger partial charge in [-0.3, -0.25) is 9.59 Å². The lowest BCUT2D eigenvalue weighted by Gasteiger charge is -2.24. The Hall–Kier alpha value is -2.32. The van der Waals surface area contributed by atoms with Crippen molar-refractivity contribution in [3.8, 4) is 6.07 Å². The van der Waals surface area contributed by atoms with E-state index in [4.69, 9.17) is 11.6 Å². The minimum Gasteiger partial charge on any atom is -0.338 e. The van der Waals surface area contributed by atoms with Crippen LogP contribution in [0.3, 0.4) is 0 Å². The summed E-state index contributed by atoms with van der Waals surface area (Å²) in [5.74, 6) is -6.40. The molecular formula is C20H21ClF2N4O4S. The second kappa shape index (κ2) is 7.92. The van der Waals surface area contributed by atoms with E-state index in [2.05, 4.69) is 10.3 Å². The molecule has 8 nitrogen and oxygen atoms in total. The van der Waals surface area contributed by atoms with Crippen molar-refractivity contribution in [1.82, 2.24) is 15.2 Å². The highest BCUT2D eigenvalue weighted by molar-refractivity contribution is 7.92. The van der Waals surface area contributed by atoms with Crippen molar-refractivity contribution < 1.29 is 26.8 Å². The molecule has 3 fully saturated rings. The first kappa shape index (κ1) is 22.9. The van der Waals surface area contributed by atoms with Crippen molar-refractivity contribution in [1.29, 1.82) is 5.26 Å². The number of hydrogen-bond donors (Lipinski definition) is 1. The van der Waals surface area contributed by atoms with E-state index in [1.165, 1.54) is 18.3 Å². The number of carbonyl (C=O) groups is 2. The van der Waals surface area contributed by atoms with Gasteiger partial charge in [-0.1, -0.05) is 11.6 Å². The smallest absolute Gasteiger partial charge is 0.267 e. The lowest BCUT2D eigenvalue weighted by Crippen LogP contribution is -2.45. The van der Waals surface area contributed by atoms with E-state index in [9.17, 15) is 32.0 Å². The van der Waals surface area contributed by atoms with Gasteiger partial charge < -0.3 is 10.2 Å². The quantitative estimate of drug-likeness (QED) is 0.679. The average molecular weight is 487 g/mol. The van der Waals surface area contributed by atoms with Gasteiger partial charge in [-0.05, 0) is 37.8 Å². The Labute approximate surface area is 188 Å². The second-order valence-corrected chi connectivity index (χ2v) is 11.3. The van der Waals surface area contributed by atoms with Crippen LogP contribution in [0.15, 0.2) is 23.4 Å². The number of pyridine rings is 1. The number of amides is 2. The molecule has 1 N–H and O–H groups in total. The van der Waals surface area contributed by atoms with Crippen molar-refractivity contribution >= 4 is 33.3 Å². The van der Waals surface area contributed by atoms with Crippen LogP contribution in [0.5, 0.6) is 0 Å². The number of aromatic nitrogens is 1. The van der Waals surface area contributed by atoms with Gasteiger partial charge >= 0.3 is 0 Å². The molecule has 2 heterocycles. The van der Waals surface area contributed by atoms with E-state index in [0.29, 0.717) is 12.8 Å². The molecule has 1 aromatic heterocycles. The Bertz CT molecular complexity index is 1090. The molecule has 3 aliphatic rings. The minimum absolute atomic E-state index is 0.158. The SMILES string of the molecule is N#CC1(NC(=O)[C@@H]2C[C@@H](S(=O)(=O)c3ccc(Cl)cn3)C[C@H]2C(=O)N2CCC(F)(F)C2)CC1. The highest BCUT2D eigenvalue weighted by Gasteiger charge is 2.53. The zero-order valence-electron chi connectivity index (χ0n) is 16.9. The molecule has 0 unspecified atom stereocenters. The number of sulfone groups is 1. The first-order valence-electron chi connectivity index (χ1n) is 10.2. The molecule has 1 saturated heterocycles. The van der Waals surface area contributed by atoms with Crippen molar-refractivity contribution in [2.75, 3.05) is 13.1 Å². The Kier molecular flexibility index (Phi) is 5.66. The third-order valence-corrected chi connectivity index (χ3v) is 8.72. The topological polar surface area (TPSA) is 120 Å². The Balaban J connectivity index is 1.60. The third-order valence-electron chi connectivity index (χ3n) is 6.41. The van der Waals surface area contributed by atoms with Crippen LogP contribution >= 0.6 is 11.6 Å². The van der Waals surface area contributed by atoms with Crippen LogP contribution < -0.4 is 5.32 Å². The number of halogens is 3.